The summed E-state index contributed by atoms with van der Waals surface area (Å²) in [4.78, 5) is 15.3. The Morgan fingerprint density at radius 2 is 1.71 bits per heavy atom. The molecule has 0 amide bonds. The smallest absolute Gasteiger partial charge is 0.302 e. The molecule has 1 aromatic heterocycles. The number of hydrogen-bond acceptors (Lipinski definition) is 5. The zero-order valence-corrected chi connectivity index (χ0v) is 17.8. The highest BCUT2D eigenvalue weighted by molar-refractivity contribution is 5.65. The van der Waals surface area contributed by atoms with Crippen molar-refractivity contribution in [3.05, 3.63) is 52.3 Å². The summed E-state index contributed by atoms with van der Waals surface area (Å²) >= 11 is 0. The predicted molar refractivity (Wildman–Crippen MR) is 110 cm³/mol. The molecule has 5 nitrogen and oxygen atoms in total. The highest BCUT2D eigenvalue weighted by atomic mass is 16.5. The van der Waals surface area contributed by atoms with Crippen molar-refractivity contribution in [3.63, 3.8) is 0 Å². The summed E-state index contributed by atoms with van der Waals surface area (Å²) in [5.41, 5.74) is 5.56. The quantitative estimate of drug-likeness (QED) is 0.454. The van der Waals surface area contributed by atoms with Crippen LogP contribution in [0.2, 0.25) is 0 Å². The zero-order chi connectivity index (χ0) is 20.7. The molecule has 0 fully saturated rings. The number of methoxy groups -OCH3 is 2. The standard InChI is InChI=1S/C23H31NO4/c1-15-16(2)23(27-6)21(17(3)22(15)26-5)20(19-10-9-12-24-14-19)11-7-8-13-28-18(4)25/h9-10,12,14,20H,7-8,11,13H2,1-6H3. The Morgan fingerprint density at radius 1 is 1.04 bits per heavy atom. The van der Waals surface area contributed by atoms with E-state index < -0.39 is 0 Å². The first-order valence-electron chi connectivity index (χ1n) is 9.67. The van der Waals surface area contributed by atoms with Gasteiger partial charge in [-0.2, -0.15) is 0 Å². The molecular formula is C23H31NO4. The number of pyridine rings is 1. The molecular weight excluding hydrogens is 354 g/mol. The molecule has 0 N–H and O–H groups in total. The molecule has 1 heterocycles. The molecule has 0 aliphatic rings. The van der Waals surface area contributed by atoms with Gasteiger partial charge in [-0.05, 0) is 68.4 Å². The van der Waals surface area contributed by atoms with Crippen molar-refractivity contribution in [2.45, 2.75) is 52.9 Å². The van der Waals surface area contributed by atoms with Crippen molar-refractivity contribution >= 4 is 5.97 Å². The first-order chi connectivity index (χ1) is 13.4. The third kappa shape index (κ3) is 4.83. The van der Waals surface area contributed by atoms with Crippen LogP contribution < -0.4 is 9.47 Å². The SMILES string of the molecule is COc1c(C)c(C)c(OC)c(C(CCCCOC(C)=O)c2cccnc2)c1C. The number of ether oxygens (including phenoxy) is 3. The van der Waals surface area contributed by atoms with E-state index in [1.54, 1.807) is 20.4 Å². The summed E-state index contributed by atoms with van der Waals surface area (Å²) < 4.78 is 16.7. The number of benzene rings is 1. The zero-order valence-electron chi connectivity index (χ0n) is 17.8. The van der Waals surface area contributed by atoms with Crippen LogP contribution in [-0.2, 0) is 9.53 Å². The van der Waals surface area contributed by atoms with E-state index in [2.05, 4.69) is 31.8 Å². The minimum Gasteiger partial charge on any atom is -0.496 e. The highest BCUT2D eigenvalue weighted by Gasteiger charge is 2.26. The minimum absolute atomic E-state index is 0.120. The molecule has 0 radical (unpaired) electrons. The fraction of sp³-hybridized carbons (Fsp3) is 0.478. The normalized spacial score (nSPS) is 11.8. The first-order valence-corrected chi connectivity index (χ1v) is 9.67. The van der Waals surface area contributed by atoms with Gasteiger partial charge < -0.3 is 14.2 Å². The van der Waals surface area contributed by atoms with Crippen LogP contribution in [-0.4, -0.2) is 31.8 Å². The molecule has 0 bridgehead atoms. The van der Waals surface area contributed by atoms with Crippen LogP contribution in [0.1, 0.15) is 59.9 Å². The molecule has 0 saturated heterocycles. The van der Waals surface area contributed by atoms with Crippen LogP contribution >= 0.6 is 0 Å². The van der Waals surface area contributed by atoms with Crippen LogP contribution in [0.25, 0.3) is 0 Å². The van der Waals surface area contributed by atoms with Gasteiger partial charge in [0.1, 0.15) is 11.5 Å². The van der Waals surface area contributed by atoms with E-state index in [4.69, 9.17) is 14.2 Å². The number of esters is 1. The van der Waals surface area contributed by atoms with Gasteiger partial charge in [0, 0.05) is 30.8 Å². The third-order valence-electron chi connectivity index (χ3n) is 5.27. The Bertz CT molecular complexity index is 802. The largest absolute Gasteiger partial charge is 0.496 e. The summed E-state index contributed by atoms with van der Waals surface area (Å²) in [6.45, 7) is 8.10. The number of carbonyl (C=O) groups is 1. The van der Waals surface area contributed by atoms with E-state index in [0.717, 1.165) is 58.6 Å². The van der Waals surface area contributed by atoms with Gasteiger partial charge in [-0.3, -0.25) is 9.78 Å². The summed E-state index contributed by atoms with van der Waals surface area (Å²) in [5, 5.41) is 0. The van der Waals surface area contributed by atoms with Crippen LogP contribution in [0.5, 0.6) is 11.5 Å². The Morgan fingerprint density at radius 3 is 2.29 bits per heavy atom. The minimum atomic E-state index is -0.236. The van der Waals surface area contributed by atoms with E-state index in [1.165, 1.54) is 6.92 Å². The van der Waals surface area contributed by atoms with Crippen molar-refractivity contribution in [1.82, 2.24) is 4.98 Å². The average Bonchev–Trinajstić information content (AvgIpc) is 2.69. The lowest BCUT2D eigenvalue weighted by atomic mass is 9.82. The number of aromatic nitrogens is 1. The molecule has 2 aromatic rings. The molecule has 1 atom stereocenters. The summed E-state index contributed by atoms with van der Waals surface area (Å²) in [5.74, 6) is 1.70. The molecule has 0 aliphatic heterocycles. The van der Waals surface area contributed by atoms with E-state index in [1.807, 2.05) is 12.3 Å². The van der Waals surface area contributed by atoms with Gasteiger partial charge in [0.25, 0.3) is 0 Å². The maximum atomic E-state index is 11.0. The fourth-order valence-corrected chi connectivity index (χ4v) is 3.83. The van der Waals surface area contributed by atoms with Crippen LogP contribution in [0.3, 0.4) is 0 Å². The van der Waals surface area contributed by atoms with Crippen molar-refractivity contribution in [3.8, 4) is 11.5 Å². The maximum Gasteiger partial charge on any atom is 0.302 e. The van der Waals surface area contributed by atoms with Crippen LogP contribution in [0, 0.1) is 20.8 Å². The Labute approximate surface area is 168 Å². The van der Waals surface area contributed by atoms with E-state index in [9.17, 15) is 4.79 Å². The van der Waals surface area contributed by atoms with Crippen LogP contribution in [0.15, 0.2) is 24.5 Å². The summed E-state index contributed by atoms with van der Waals surface area (Å²) in [7, 11) is 3.43. The van der Waals surface area contributed by atoms with Gasteiger partial charge >= 0.3 is 5.97 Å². The molecule has 5 heteroatoms. The molecule has 0 spiro atoms. The second kappa shape index (κ2) is 10.1. The fourth-order valence-electron chi connectivity index (χ4n) is 3.83. The van der Waals surface area contributed by atoms with E-state index >= 15 is 0 Å². The molecule has 0 saturated carbocycles. The number of unbranched alkanes of at least 4 members (excludes halogenated alkanes) is 1. The lowest BCUT2D eigenvalue weighted by Crippen LogP contribution is -2.11. The molecule has 28 heavy (non-hydrogen) atoms. The Balaban J connectivity index is 2.46. The van der Waals surface area contributed by atoms with Gasteiger partial charge in [-0.15, -0.1) is 0 Å². The molecule has 2 rings (SSSR count). The number of hydrogen-bond donors (Lipinski definition) is 0. The highest BCUT2D eigenvalue weighted by Crippen LogP contribution is 2.44. The molecule has 152 valence electrons. The lowest BCUT2D eigenvalue weighted by Gasteiger charge is -2.26. The molecule has 1 aromatic carbocycles. The van der Waals surface area contributed by atoms with Crippen molar-refractivity contribution in [2.24, 2.45) is 0 Å². The average molecular weight is 386 g/mol. The van der Waals surface area contributed by atoms with Gasteiger partial charge in [-0.1, -0.05) is 6.07 Å². The van der Waals surface area contributed by atoms with Gasteiger partial charge in [0.2, 0.25) is 0 Å². The lowest BCUT2D eigenvalue weighted by molar-refractivity contribution is -0.141. The van der Waals surface area contributed by atoms with Gasteiger partial charge in [0.05, 0.1) is 20.8 Å². The molecule has 0 aliphatic carbocycles. The Hall–Kier alpha value is -2.56. The van der Waals surface area contributed by atoms with Crippen molar-refractivity contribution < 1.29 is 19.0 Å². The van der Waals surface area contributed by atoms with Crippen LogP contribution in [0.4, 0.5) is 0 Å². The topological polar surface area (TPSA) is 57.7 Å². The monoisotopic (exact) mass is 385 g/mol. The van der Waals surface area contributed by atoms with Gasteiger partial charge in [0.15, 0.2) is 0 Å². The second-order valence-electron chi connectivity index (χ2n) is 7.03. The molecule has 1 unspecified atom stereocenters. The number of rotatable bonds is 9. The summed E-state index contributed by atoms with van der Waals surface area (Å²) in [6, 6.07) is 4.06. The predicted octanol–water partition coefficient (Wildman–Crippen LogP) is 4.89. The van der Waals surface area contributed by atoms with E-state index in [0.29, 0.717) is 6.61 Å². The van der Waals surface area contributed by atoms with Crippen molar-refractivity contribution in [2.75, 3.05) is 20.8 Å². The number of nitrogens with zero attached hydrogens (tertiary/aromatic N) is 1. The summed E-state index contributed by atoms with van der Waals surface area (Å²) in [6.07, 6.45) is 6.34. The second-order valence-corrected chi connectivity index (χ2v) is 7.03. The van der Waals surface area contributed by atoms with Crippen molar-refractivity contribution in [1.29, 1.82) is 0 Å². The Kier molecular flexibility index (Phi) is 7.85. The first kappa shape index (κ1) is 21.7. The van der Waals surface area contributed by atoms with Gasteiger partial charge in [-0.25, -0.2) is 0 Å². The number of carbonyl (C=O) groups excluding carboxylic acids is 1. The maximum absolute atomic E-state index is 11.0. The third-order valence-corrected chi connectivity index (χ3v) is 5.27. The van der Waals surface area contributed by atoms with E-state index in [-0.39, 0.29) is 11.9 Å².